The minimum Gasteiger partial charge on any atom is -0.507 e. The van der Waals surface area contributed by atoms with Crippen molar-refractivity contribution in [2.45, 2.75) is 83.1 Å². The molecule has 1 aliphatic heterocycles. The number of ether oxygens (including phenoxy) is 4. The second-order valence-corrected chi connectivity index (χ2v) is 19.7. The molecule has 0 spiro atoms. The summed E-state index contributed by atoms with van der Waals surface area (Å²) in [6, 6.07) is 31.2. The van der Waals surface area contributed by atoms with Gasteiger partial charge in [-0.25, -0.2) is 9.78 Å². The molecular formula is C57H66N8O9S. The Kier molecular flexibility index (Phi) is 19.3. The predicted molar refractivity (Wildman–Crippen MR) is 286 cm³/mol. The number of para-hydroxylation sites is 1. The van der Waals surface area contributed by atoms with E-state index >= 15 is 0 Å². The maximum atomic E-state index is 14.6. The Labute approximate surface area is 441 Å². The first-order valence-corrected chi connectivity index (χ1v) is 26.6. The van der Waals surface area contributed by atoms with E-state index < -0.39 is 24.1 Å². The van der Waals surface area contributed by atoms with Crippen LogP contribution in [0.2, 0.25) is 0 Å². The van der Waals surface area contributed by atoms with Gasteiger partial charge in [0.2, 0.25) is 17.6 Å². The molecule has 2 aliphatic rings. The number of phenols is 1. The molecule has 1 saturated heterocycles. The molecule has 6 aromatic rings. The van der Waals surface area contributed by atoms with Gasteiger partial charge in [-0.3, -0.25) is 19.3 Å². The van der Waals surface area contributed by atoms with Crippen molar-refractivity contribution in [3.8, 4) is 33.9 Å². The maximum Gasteiger partial charge on any atom is 0.410 e. The third-order valence-corrected chi connectivity index (χ3v) is 14.6. The van der Waals surface area contributed by atoms with Crippen molar-refractivity contribution in [2.75, 3.05) is 58.9 Å². The van der Waals surface area contributed by atoms with Crippen LogP contribution in [0.3, 0.4) is 0 Å². The highest BCUT2D eigenvalue weighted by molar-refractivity contribution is 7.10. The number of nitrogen functional groups attached to an aromatic ring is 1. The van der Waals surface area contributed by atoms with Crippen LogP contribution in [0.1, 0.15) is 90.1 Å². The number of anilines is 1. The van der Waals surface area contributed by atoms with Gasteiger partial charge in [0, 0.05) is 48.8 Å². The smallest absolute Gasteiger partial charge is 0.410 e. The summed E-state index contributed by atoms with van der Waals surface area (Å²) < 4.78 is 22.9. The minimum atomic E-state index is -0.879. The van der Waals surface area contributed by atoms with Gasteiger partial charge in [-0.1, -0.05) is 98.1 Å². The Bertz CT molecular complexity index is 2840. The normalized spacial score (nSPS) is 15.5. The molecule has 394 valence electrons. The summed E-state index contributed by atoms with van der Waals surface area (Å²) in [5.41, 5.74) is 11.6. The molecule has 1 aliphatic carbocycles. The number of aromatic hydroxyl groups is 1. The fraction of sp³-hybridized carbons (Fsp3) is 0.386. The van der Waals surface area contributed by atoms with Crippen molar-refractivity contribution in [1.82, 2.24) is 35.6 Å². The van der Waals surface area contributed by atoms with Crippen LogP contribution in [0.15, 0.2) is 115 Å². The molecule has 75 heavy (non-hydrogen) atoms. The van der Waals surface area contributed by atoms with E-state index in [1.807, 2.05) is 71.6 Å². The number of likely N-dealkylation sites (N-methyl/N-ethyl adjacent to an activating group) is 1. The zero-order chi connectivity index (χ0) is 52.5. The van der Waals surface area contributed by atoms with Crippen LogP contribution in [-0.2, 0) is 37.0 Å². The van der Waals surface area contributed by atoms with E-state index in [1.165, 1.54) is 23.3 Å². The predicted octanol–water partition coefficient (Wildman–Crippen LogP) is 8.37. The molecule has 3 heterocycles. The maximum absolute atomic E-state index is 14.6. The van der Waals surface area contributed by atoms with Gasteiger partial charge in [-0.2, -0.15) is 0 Å². The van der Waals surface area contributed by atoms with Gasteiger partial charge in [-0.05, 0) is 85.5 Å². The van der Waals surface area contributed by atoms with Crippen LogP contribution in [0.25, 0.3) is 22.4 Å². The van der Waals surface area contributed by atoms with Gasteiger partial charge in [0.15, 0.2) is 5.82 Å². The van der Waals surface area contributed by atoms with Crippen LogP contribution in [0.5, 0.6) is 11.5 Å². The van der Waals surface area contributed by atoms with Crippen LogP contribution < -0.4 is 21.1 Å². The van der Waals surface area contributed by atoms with Crippen molar-refractivity contribution in [1.29, 1.82) is 0 Å². The minimum absolute atomic E-state index is 0.0425. The summed E-state index contributed by atoms with van der Waals surface area (Å²) in [5, 5.41) is 27.4. The lowest BCUT2D eigenvalue weighted by molar-refractivity contribution is -0.140. The van der Waals surface area contributed by atoms with Gasteiger partial charge in [-0.15, -0.1) is 21.5 Å². The van der Waals surface area contributed by atoms with Gasteiger partial charge < -0.3 is 45.3 Å². The lowest BCUT2D eigenvalue weighted by atomic mass is 9.83. The van der Waals surface area contributed by atoms with Gasteiger partial charge in [0.1, 0.15) is 47.5 Å². The highest BCUT2D eigenvalue weighted by Gasteiger charge is 2.41. The molecule has 0 radical (unpaired) electrons. The van der Waals surface area contributed by atoms with E-state index in [4.69, 9.17) is 29.7 Å². The topological polar surface area (TPSA) is 221 Å². The Hall–Kier alpha value is -7.25. The van der Waals surface area contributed by atoms with Crippen molar-refractivity contribution >= 4 is 40.8 Å². The number of carbonyl (C=O) groups is 4. The highest BCUT2D eigenvalue weighted by atomic mass is 32.1. The summed E-state index contributed by atoms with van der Waals surface area (Å²) in [5.74, 6) is 0.0825. The number of aromatic nitrogens is 3. The number of nitrogens with one attached hydrogen (secondary N) is 2. The second kappa shape index (κ2) is 26.8. The van der Waals surface area contributed by atoms with E-state index in [2.05, 4.69) is 20.8 Å². The first-order valence-electron chi connectivity index (χ1n) is 25.7. The Morgan fingerprint density at radius 3 is 2.35 bits per heavy atom. The average molecular weight is 1040 g/mol. The number of thiazole rings is 1. The largest absolute Gasteiger partial charge is 0.507 e. The van der Waals surface area contributed by atoms with Crippen molar-refractivity contribution < 1.29 is 43.2 Å². The first kappa shape index (κ1) is 54.0. The number of phenolic OH excluding ortho intramolecular Hbond substituents is 1. The van der Waals surface area contributed by atoms with Crippen LogP contribution in [0, 0.1) is 5.92 Å². The number of nitrogens with two attached hydrogens (primary N) is 1. The highest BCUT2D eigenvalue weighted by Crippen LogP contribution is 2.37. The van der Waals surface area contributed by atoms with Crippen LogP contribution >= 0.6 is 11.3 Å². The number of amides is 3. The van der Waals surface area contributed by atoms with Gasteiger partial charge >= 0.3 is 6.09 Å². The molecule has 3 amide bonds. The summed E-state index contributed by atoms with van der Waals surface area (Å²) in [4.78, 5) is 62.9. The lowest BCUT2D eigenvalue weighted by Crippen LogP contribution is -2.56. The standard InChI is InChI=1S/C57H66N8O9S/c1-38(64(2)57(70)74-36-40-13-5-3-6-14-40)54(68)61-51(42-15-7-4-8-16-42)56(69)65-27-12-20-49(65)55-60-48(37-75-55)52(67)43-17-11-18-44(33-43)73-32-31-72-30-29-71-28-26-59-35-39-22-24-41(25-23-39)46-34-47(62-63-53(46)58)45-19-9-10-21-50(45)66/h3,5-6,9-11,13-14,17-19,21-25,33-34,37-38,42,49,51,59,66H,4,7-8,12,15-16,20,26-32,35-36H2,1-2H3,(H2,58,63)(H,61,68)/t38?,49-,51?/m0/s1. The van der Waals surface area contributed by atoms with Crippen LogP contribution in [0.4, 0.5) is 10.6 Å². The van der Waals surface area contributed by atoms with E-state index in [0.29, 0.717) is 91.6 Å². The summed E-state index contributed by atoms with van der Waals surface area (Å²) in [7, 11) is 1.52. The molecule has 3 atom stereocenters. The Balaban J connectivity index is 0.743. The number of likely N-dealkylation sites (tertiary alicyclic amines) is 1. The molecule has 2 fully saturated rings. The molecule has 2 aromatic heterocycles. The van der Waals surface area contributed by atoms with Crippen molar-refractivity contribution in [3.63, 3.8) is 0 Å². The summed E-state index contributed by atoms with van der Waals surface area (Å²) >= 11 is 1.35. The number of nitrogens with zero attached hydrogens (tertiary/aromatic N) is 5. The molecular weight excluding hydrogens is 973 g/mol. The molecule has 1 saturated carbocycles. The molecule has 0 bridgehead atoms. The molecule has 18 heteroatoms. The van der Waals surface area contributed by atoms with E-state index in [-0.39, 0.29) is 42.6 Å². The second-order valence-electron chi connectivity index (χ2n) is 18.8. The van der Waals surface area contributed by atoms with Crippen molar-refractivity contribution in [3.05, 3.63) is 142 Å². The Morgan fingerprint density at radius 1 is 0.813 bits per heavy atom. The molecule has 4 aromatic carbocycles. The summed E-state index contributed by atoms with van der Waals surface area (Å²) in [6.07, 6.45) is 5.47. The zero-order valence-electron chi connectivity index (χ0n) is 42.5. The van der Waals surface area contributed by atoms with Crippen LogP contribution in [-0.4, -0.2) is 119 Å². The Morgan fingerprint density at radius 2 is 1.56 bits per heavy atom. The van der Waals surface area contributed by atoms with E-state index in [9.17, 15) is 24.3 Å². The monoisotopic (exact) mass is 1040 g/mol. The SMILES string of the molecule is CC(C(=O)NC(C(=O)N1CCC[C@H]1c1nc(C(=O)c2cccc(OCCOCCOCCNCc3ccc(-c4cc(-c5ccccc5O)nnc4N)cc3)c2)cs1)C1CCCCC1)N(C)C(=O)OCc1ccccc1. The number of benzene rings is 4. The number of hydrogen-bond acceptors (Lipinski definition) is 15. The van der Waals surface area contributed by atoms with Crippen molar-refractivity contribution in [2.24, 2.45) is 5.92 Å². The van der Waals surface area contributed by atoms with Gasteiger partial charge in [0.25, 0.3) is 0 Å². The molecule has 8 rings (SSSR count). The fourth-order valence-corrected chi connectivity index (χ4v) is 10.3. The third-order valence-electron chi connectivity index (χ3n) is 13.7. The van der Waals surface area contributed by atoms with E-state index in [1.54, 1.807) is 54.8 Å². The number of rotatable bonds is 24. The number of hydrogen-bond donors (Lipinski definition) is 4. The number of carbonyl (C=O) groups excluding carboxylic acids is 4. The molecule has 17 nitrogen and oxygen atoms in total. The van der Waals surface area contributed by atoms with Gasteiger partial charge in [0.05, 0.1) is 38.2 Å². The first-order chi connectivity index (χ1) is 36.5. The quantitative estimate of drug-likeness (QED) is 0.0331. The summed E-state index contributed by atoms with van der Waals surface area (Å²) in [6.45, 7) is 5.50. The molecule has 5 N–H and O–H groups in total. The van der Waals surface area contributed by atoms with E-state index in [0.717, 1.165) is 60.8 Å². The number of ketones is 1. The molecule has 2 unspecified atom stereocenters. The average Bonchev–Trinajstić information content (AvgIpc) is 4.15. The fourth-order valence-electron chi connectivity index (χ4n) is 9.34. The third kappa shape index (κ3) is 14.5. The lowest BCUT2D eigenvalue weighted by Gasteiger charge is -2.35. The zero-order valence-corrected chi connectivity index (χ0v) is 43.3.